The van der Waals surface area contributed by atoms with Crippen molar-refractivity contribution >= 4 is 39.1 Å². The molecule has 0 aromatic carbocycles. The smallest absolute Gasteiger partial charge is 0.289 e. The molecule has 1 aliphatic rings. The van der Waals surface area contributed by atoms with E-state index in [1.165, 1.54) is 11.3 Å². The van der Waals surface area contributed by atoms with Crippen LogP contribution in [-0.4, -0.2) is 35.8 Å². The topological polar surface area (TPSA) is 62.6 Å². The van der Waals surface area contributed by atoms with Crippen molar-refractivity contribution in [3.63, 3.8) is 0 Å². The fraction of sp³-hybridized carbons (Fsp3) is 0.333. The van der Waals surface area contributed by atoms with Gasteiger partial charge in [0.1, 0.15) is 0 Å². The Kier molecular flexibility index (Phi) is 4.63. The van der Waals surface area contributed by atoms with Crippen molar-refractivity contribution < 1.29 is 14.0 Å². The van der Waals surface area contributed by atoms with E-state index in [9.17, 15) is 9.59 Å². The summed E-state index contributed by atoms with van der Waals surface area (Å²) >= 11 is 4.63. The molecule has 7 heteroatoms. The van der Waals surface area contributed by atoms with Gasteiger partial charge in [0, 0.05) is 19.1 Å². The molecule has 0 aliphatic carbocycles. The Morgan fingerprint density at radius 1 is 1.27 bits per heavy atom. The molecule has 3 heterocycles. The van der Waals surface area contributed by atoms with Crippen molar-refractivity contribution in [3.05, 3.63) is 45.0 Å². The van der Waals surface area contributed by atoms with Crippen molar-refractivity contribution in [2.45, 2.75) is 18.9 Å². The standard InChI is InChI=1S/C15H15BrN2O3S/c16-13-4-3-11(21-13)15(20)18-7-5-10(6-8-18)17-14(19)12-2-1-9-22-12/h1-4,9-10H,5-8H2,(H,17,19). The number of carbonyl (C=O) groups excluding carboxylic acids is 2. The van der Waals surface area contributed by atoms with Gasteiger partial charge in [-0.2, -0.15) is 0 Å². The number of amides is 2. The molecule has 1 saturated heterocycles. The van der Waals surface area contributed by atoms with Crippen LogP contribution in [0, 0.1) is 0 Å². The molecule has 1 N–H and O–H groups in total. The molecule has 2 aromatic heterocycles. The summed E-state index contributed by atoms with van der Waals surface area (Å²) < 4.78 is 5.85. The second-order valence-corrected chi connectivity index (χ2v) is 6.85. The third-order valence-electron chi connectivity index (χ3n) is 3.65. The summed E-state index contributed by atoms with van der Waals surface area (Å²) in [5, 5.41) is 4.91. The molecule has 3 rings (SSSR count). The Morgan fingerprint density at radius 3 is 2.64 bits per heavy atom. The maximum absolute atomic E-state index is 12.3. The van der Waals surface area contributed by atoms with Crippen LogP contribution in [0.5, 0.6) is 0 Å². The predicted octanol–water partition coefficient (Wildman–Crippen LogP) is 3.14. The number of hydrogen-bond acceptors (Lipinski definition) is 4. The lowest BCUT2D eigenvalue weighted by molar-refractivity contribution is 0.0666. The largest absolute Gasteiger partial charge is 0.444 e. The maximum Gasteiger partial charge on any atom is 0.289 e. The van der Waals surface area contributed by atoms with Gasteiger partial charge < -0.3 is 14.6 Å². The van der Waals surface area contributed by atoms with Crippen LogP contribution in [-0.2, 0) is 0 Å². The quantitative estimate of drug-likeness (QED) is 0.886. The second-order valence-electron chi connectivity index (χ2n) is 5.12. The first-order valence-electron chi connectivity index (χ1n) is 7.02. The number of halogens is 1. The van der Waals surface area contributed by atoms with Gasteiger partial charge in [0.25, 0.3) is 11.8 Å². The van der Waals surface area contributed by atoms with E-state index in [-0.39, 0.29) is 17.9 Å². The van der Waals surface area contributed by atoms with Crippen molar-refractivity contribution in [3.8, 4) is 0 Å². The molecule has 5 nitrogen and oxygen atoms in total. The number of likely N-dealkylation sites (tertiary alicyclic amines) is 1. The zero-order chi connectivity index (χ0) is 15.5. The van der Waals surface area contributed by atoms with E-state index in [0.717, 1.165) is 17.7 Å². The van der Waals surface area contributed by atoms with Gasteiger partial charge in [-0.3, -0.25) is 9.59 Å². The van der Waals surface area contributed by atoms with Crippen molar-refractivity contribution in [1.29, 1.82) is 0 Å². The van der Waals surface area contributed by atoms with Crippen LogP contribution in [0.1, 0.15) is 33.1 Å². The number of nitrogens with one attached hydrogen (secondary N) is 1. The van der Waals surface area contributed by atoms with E-state index in [4.69, 9.17) is 4.42 Å². The van der Waals surface area contributed by atoms with Crippen LogP contribution >= 0.6 is 27.3 Å². The summed E-state index contributed by atoms with van der Waals surface area (Å²) in [4.78, 5) is 26.8. The van der Waals surface area contributed by atoms with Crippen LogP contribution in [0.25, 0.3) is 0 Å². The Hall–Kier alpha value is -1.60. The molecule has 116 valence electrons. The average molecular weight is 383 g/mol. The van der Waals surface area contributed by atoms with Gasteiger partial charge in [-0.15, -0.1) is 11.3 Å². The minimum atomic E-state index is -0.103. The lowest BCUT2D eigenvalue weighted by Crippen LogP contribution is -2.46. The normalized spacial score (nSPS) is 15.8. The number of hydrogen-bond donors (Lipinski definition) is 1. The number of furan rings is 1. The van der Waals surface area contributed by atoms with Crippen LogP contribution in [0.3, 0.4) is 0 Å². The summed E-state index contributed by atoms with van der Waals surface area (Å²) in [5.74, 6) is 0.205. The molecule has 0 spiro atoms. The number of thiophene rings is 1. The Bertz CT molecular complexity index is 660. The third kappa shape index (κ3) is 3.41. The Balaban J connectivity index is 1.52. The molecule has 2 aromatic rings. The maximum atomic E-state index is 12.3. The molecule has 1 aliphatic heterocycles. The number of carbonyl (C=O) groups is 2. The minimum Gasteiger partial charge on any atom is -0.444 e. The summed E-state index contributed by atoms with van der Waals surface area (Å²) in [6, 6.07) is 7.16. The summed E-state index contributed by atoms with van der Waals surface area (Å²) in [6.07, 6.45) is 1.51. The predicted molar refractivity (Wildman–Crippen MR) is 87.1 cm³/mol. The van der Waals surface area contributed by atoms with E-state index in [1.54, 1.807) is 17.0 Å². The molecule has 1 fully saturated rings. The van der Waals surface area contributed by atoms with Gasteiger partial charge in [0.15, 0.2) is 10.4 Å². The molecule has 2 amide bonds. The molecule has 0 bridgehead atoms. The highest BCUT2D eigenvalue weighted by atomic mass is 79.9. The van der Waals surface area contributed by atoms with E-state index in [2.05, 4.69) is 21.2 Å². The first-order chi connectivity index (χ1) is 10.6. The Labute approximate surface area is 140 Å². The first-order valence-corrected chi connectivity index (χ1v) is 8.70. The van der Waals surface area contributed by atoms with Crippen LogP contribution in [0.15, 0.2) is 38.7 Å². The highest BCUT2D eigenvalue weighted by Crippen LogP contribution is 2.19. The zero-order valence-electron chi connectivity index (χ0n) is 11.8. The van der Waals surface area contributed by atoms with Gasteiger partial charge in [0.2, 0.25) is 0 Å². The van der Waals surface area contributed by atoms with Gasteiger partial charge in [-0.05, 0) is 52.4 Å². The van der Waals surface area contributed by atoms with Gasteiger partial charge in [0.05, 0.1) is 4.88 Å². The summed E-state index contributed by atoms with van der Waals surface area (Å²) in [5.41, 5.74) is 0. The molecule has 0 unspecified atom stereocenters. The van der Waals surface area contributed by atoms with Gasteiger partial charge in [-0.25, -0.2) is 0 Å². The molecule has 0 saturated carbocycles. The molecule has 0 atom stereocenters. The fourth-order valence-electron chi connectivity index (χ4n) is 2.48. The minimum absolute atomic E-state index is 0.0326. The molecular formula is C15H15BrN2O3S. The average Bonchev–Trinajstić information content (AvgIpc) is 3.18. The number of piperidine rings is 1. The van der Waals surface area contributed by atoms with E-state index in [1.807, 2.05) is 17.5 Å². The lowest BCUT2D eigenvalue weighted by Gasteiger charge is -2.31. The monoisotopic (exact) mass is 382 g/mol. The van der Waals surface area contributed by atoms with Gasteiger partial charge in [-0.1, -0.05) is 6.07 Å². The zero-order valence-corrected chi connectivity index (χ0v) is 14.2. The van der Waals surface area contributed by atoms with Crippen molar-refractivity contribution in [1.82, 2.24) is 10.2 Å². The summed E-state index contributed by atoms with van der Waals surface area (Å²) in [6.45, 7) is 1.24. The number of rotatable bonds is 3. The van der Waals surface area contributed by atoms with Crippen LogP contribution in [0.4, 0.5) is 0 Å². The second kappa shape index (κ2) is 6.66. The van der Waals surface area contributed by atoms with E-state index in [0.29, 0.717) is 23.5 Å². The van der Waals surface area contributed by atoms with Crippen LogP contribution in [0.2, 0.25) is 0 Å². The fourth-order valence-corrected chi connectivity index (χ4v) is 3.41. The highest BCUT2D eigenvalue weighted by Gasteiger charge is 2.26. The highest BCUT2D eigenvalue weighted by molar-refractivity contribution is 9.10. The molecule has 22 heavy (non-hydrogen) atoms. The third-order valence-corrected chi connectivity index (χ3v) is 4.94. The SMILES string of the molecule is O=C(NC1CCN(C(=O)c2ccc(Br)o2)CC1)c1cccs1. The van der Waals surface area contributed by atoms with E-state index >= 15 is 0 Å². The lowest BCUT2D eigenvalue weighted by atomic mass is 10.0. The number of nitrogens with zero attached hydrogens (tertiary/aromatic N) is 1. The van der Waals surface area contributed by atoms with Gasteiger partial charge >= 0.3 is 0 Å². The summed E-state index contributed by atoms with van der Waals surface area (Å²) in [7, 11) is 0. The Morgan fingerprint density at radius 2 is 2.05 bits per heavy atom. The van der Waals surface area contributed by atoms with Crippen molar-refractivity contribution in [2.75, 3.05) is 13.1 Å². The van der Waals surface area contributed by atoms with E-state index < -0.39 is 0 Å². The first kappa shape index (κ1) is 15.3. The molecule has 0 radical (unpaired) electrons. The van der Waals surface area contributed by atoms with Crippen LogP contribution < -0.4 is 5.32 Å². The van der Waals surface area contributed by atoms with Crippen molar-refractivity contribution in [2.24, 2.45) is 0 Å². The molecular weight excluding hydrogens is 368 g/mol.